The van der Waals surface area contributed by atoms with Gasteiger partial charge < -0.3 is 30.0 Å². The summed E-state index contributed by atoms with van der Waals surface area (Å²) in [5.41, 5.74) is 7.31. The molecule has 27 heavy (non-hydrogen) atoms. The molecular formula is C17H27F3N2O5. The second kappa shape index (κ2) is 14.5. The van der Waals surface area contributed by atoms with E-state index in [4.69, 9.17) is 24.7 Å². The monoisotopic (exact) mass is 396 g/mol. The van der Waals surface area contributed by atoms with Crippen molar-refractivity contribution in [2.24, 2.45) is 0 Å². The standard InChI is InChI=1S/C17H27F3N2O5/c18-17(19,20)27-14-13-26-12-11-25-10-9-24-8-7-23-6-5-22-16-3-1-15(21)2-4-16/h1-4,22H,5-14,21H2. The van der Waals surface area contributed by atoms with Crippen molar-refractivity contribution in [1.82, 2.24) is 0 Å². The molecule has 0 aliphatic rings. The van der Waals surface area contributed by atoms with Gasteiger partial charge in [-0.25, -0.2) is 0 Å². The van der Waals surface area contributed by atoms with Crippen molar-refractivity contribution < 1.29 is 36.9 Å². The summed E-state index contributed by atoms with van der Waals surface area (Å²) in [5.74, 6) is 0. The summed E-state index contributed by atoms with van der Waals surface area (Å²) in [7, 11) is 0. The predicted molar refractivity (Wildman–Crippen MR) is 94.6 cm³/mol. The minimum Gasteiger partial charge on any atom is -0.399 e. The highest BCUT2D eigenvalue weighted by Crippen LogP contribution is 2.15. The third kappa shape index (κ3) is 15.2. The number of ether oxygens (including phenoxy) is 5. The van der Waals surface area contributed by atoms with Gasteiger partial charge in [-0.2, -0.15) is 0 Å². The van der Waals surface area contributed by atoms with Gasteiger partial charge in [0.1, 0.15) is 0 Å². The molecule has 0 bridgehead atoms. The van der Waals surface area contributed by atoms with Gasteiger partial charge >= 0.3 is 6.36 Å². The molecule has 1 rings (SSSR count). The Labute approximate surface area is 156 Å². The number of alkyl halides is 3. The van der Waals surface area contributed by atoms with Gasteiger partial charge in [-0.1, -0.05) is 0 Å². The number of hydrogen-bond donors (Lipinski definition) is 2. The lowest BCUT2D eigenvalue weighted by atomic mass is 10.3. The Morgan fingerprint density at radius 1 is 0.704 bits per heavy atom. The number of halogens is 3. The normalized spacial score (nSPS) is 11.7. The maximum Gasteiger partial charge on any atom is 0.522 e. The molecule has 0 radical (unpaired) electrons. The highest BCUT2D eigenvalue weighted by Gasteiger charge is 2.28. The molecule has 0 aliphatic carbocycles. The molecule has 0 aliphatic heterocycles. The molecule has 7 nitrogen and oxygen atoms in total. The van der Waals surface area contributed by atoms with Crippen molar-refractivity contribution in [3.63, 3.8) is 0 Å². The molecule has 0 saturated carbocycles. The maximum atomic E-state index is 11.7. The van der Waals surface area contributed by atoms with E-state index in [1.807, 2.05) is 24.3 Å². The zero-order valence-electron chi connectivity index (χ0n) is 15.1. The Kier molecular flexibility index (Phi) is 12.6. The molecule has 0 saturated heterocycles. The molecule has 10 heteroatoms. The van der Waals surface area contributed by atoms with Crippen LogP contribution in [0.2, 0.25) is 0 Å². The van der Waals surface area contributed by atoms with E-state index in [9.17, 15) is 13.2 Å². The van der Waals surface area contributed by atoms with E-state index < -0.39 is 13.0 Å². The maximum absolute atomic E-state index is 11.7. The van der Waals surface area contributed by atoms with Gasteiger partial charge in [-0.15, -0.1) is 13.2 Å². The van der Waals surface area contributed by atoms with E-state index in [1.54, 1.807) is 0 Å². The molecule has 0 amide bonds. The smallest absolute Gasteiger partial charge is 0.399 e. The number of anilines is 2. The average Bonchev–Trinajstić information content (AvgIpc) is 2.62. The van der Waals surface area contributed by atoms with Crippen LogP contribution >= 0.6 is 0 Å². The van der Waals surface area contributed by atoms with Crippen molar-refractivity contribution in [3.05, 3.63) is 24.3 Å². The molecular weight excluding hydrogens is 369 g/mol. The minimum absolute atomic E-state index is 0.135. The van der Waals surface area contributed by atoms with Crippen molar-refractivity contribution in [2.75, 3.05) is 77.1 Å². The van der Waals surface area contributed by atoms with Gasteiger partial charge in [0.15, 0.2) is 0 Å². The Morgan fingerprint density at radius 2 is 1.15 bits per heavy atom. The fourth-order valence-corrected chi connectivity index (χ4v) is 1.85. The summed E-state index contributed by atoms with van der Waals surface area (Å²) >= 11 is 0. The van der Waals surface area contributed by atoms with Crippen molar-refractivity contribution in [3.8, 4) is 0 Å². The summed E-state index contributed by atoms with van der Waals surface area (Å²) in [4.78, 5) is 0. The molecule has 1 aromatic carbocycles. The van der Waals surface area contributed by atoms with Crippen LogP contribution in [-0.4, -0.2) is 72.4 Å². The summed E-state index contributed by atoms with van der Waals surface area (Å²) in [6.07, 6.45) is -4.62. The first-order valence-electron chi connectivity index (χ1n) is 8.58. The average molecular weight is 396 g/mol. The molecule has 3 N–H and O–H groups in total. The Bertz CT molecular complexity index is 475. The van der Waals surface area contributed by atoms with Crippen molar-refractivity contribution in [2.45, 2.75) is 6.36 Å². The first-order chi connectivity index (χ1) is 13.0. The SMILES string of the molecule is Nc1ccc(NCCOCCOCCOCCOCCOC(F)(F)F)cc1. The van der Waals surface area contributed by atoms with Gasteiger partial charge in [0.25, 0.3) is 0 Å². The highest BCUT2D eigenvalue weighted by molar-refractivity contribution is 5.51. The first kappa shape index (κ1) is 23.4. The van der Waals surface area contributed by atoms with Crippen molar-refractivity contribution in [1.29, 1.82) is 0 Å². The van der Waals surface area contributed by atoms with Crippen molar-refractivity contribution >= 4 is 11.4 Å². The summed E-state index contributed by atoms with van der Waals surface area (Å²) < 4.78 is 59.5. The quantitative estimate of drug-likeness (QED) is 0.328. The Balaban J connectivity index is 1.75. The van der Waals surface area contributed by atoms with E-state index in [1.165, 1.54) is 0 Å². The number of rotatable bonds is 16. The zero-order chi connectivity index (χ0) is 19.8. The molecule has 0 spiro atoms. The van der Waals surface area contributed by atoms with Crippen LogP contribution in [0.3, 0.4) is 0 Å². The van der Waals surface area contributed by atoms with E-state index >= 15 is 0 Å². The molecule has 0 unspecified atom stereocenters. The number of nitrogens with one attached hydrogen (secondary N) is 1. The lowest BCUT2D eigenvalue weighted by Gasteiger charge is -2.09. The Hall–Kier alpha value is -1.59. The molecule has 0 fully saturated rings. The second-order valence-electron chi connectivity index (χ2n) is 5.29. The zero-order valence-corrected chi connectivity index (χ0v) is 15.1. The van der Waals surface area contributed by atoms with Crippen LogP contribution in [0.4, 0.5) is 24.5 Å². The van der Waals surface area contributed by atoms with Gasteiger partial charge in [0.05, 0.1) is 59.5 Å². The number of nitrogens with two attached hydrogens (primary N) is 1. The lowest BCUT2D eigenvalue weighted by molar-refractivity contribution is -0.327. The predicted octanol–water partition coefficient (Wildman–Crippen LogP) is 2.28. The van der Waals surface area contributed by atoms with E-state index in [2.05, 4.69) is 10.1 Å². The number of hydrogen-bond acceptors (Lipinski definition) is 7. The van der Waals surface area contributed by atoms with Crippen LogP contribution in [0.5, 0.6) is 0 Å². The third-order valence-corrected chi connectivity index (χ3v) is 3.10. The van der Waals surface area contributed by atoms with Crippen LogP contribution in [0.1, 0.15) is 0 Å². The fourth-order valence-electron chi connectivity index (χ4n) is 1.85. The van der Waals surface area contributed by atoms with E-state index in [0.717, 1.165) is 11.4 Å². The minimum atomic E-state index is -4.62. The summed E-state index contributed by atoms with van der Waals surface area (Å²) in [5, 5.41) is 3.21. The van der Waals surface area contributed by atoms with Gasteiger partial charge in [-0.3, -0.25) is 4.74 Å². The summed E-state index contributed by atoms with van der Waals surface area (Å²) in [6, 6.07) is 7.46. The first-order valence-corrected chi connectivity index (χ1v) is 8.58. The van der Waals surface area contributed by atoms with Gasteiger partial charge in [0.2, 0.25) is 0 Å². The molecule has 1 aromatic rings. The van der Waals surface area contributed by atoms with E-state index in [-0.39, 0.29) is 19.8 Å². The largest absolute Gasteiger partial charge is 0.522 e. The van der Waals surface area contributed by atoms with Crippen LogP contribution in [0.25, 0.3) is 0 Å². The lowest BCUT2D eigenvalue weighted by Crippen LogP contribution is -2.18. The summed E-state index contributed by atoms with van der Waals surface area (Å²) in [6.45, 7) is 2.77. The molecule has 0 aromatic heterocycles. The van der Waals surface area contributed by atoms with E-state index in [0.29, 0.717) is 39.6 Å². The van der Waals surface area contributed by atoms with Crippen LogP contribution in [-0.2, 0) is 23.7 Å². The molecule has 156 valence electrons. The Morgan fingerprint density at radius 3 is 1.63 bits per heavy atom. The third-order valence-electron chi connectivity index (χ3n) is 3.10. The molecule has 0 atom stereocenters. The topological polar surface area (TPSA) is 84.2 Å². The van der Waals surface area contributed by atoms with Gasteiger partial charge in [0, 0.05) is 17.9 Å². The van der Waals surface area contributed by atoms with Gasteiger partial charge in [-0.05, 0) is 24.3 Å². The van der Waals surface area contributed by atoms with Crippen LogP contribution < -0.4 is 11.1 Å². The van der Waals surface area contributed by atoms with Crippen LogP contribution in [0.15, 0.2) is 24.3 Å². The number of benzene rings is 1. The fraction of sp³-hybridized carbons (Fsp3) is 0.647. The molecule has 0 heterocycles. The number of nitrogen functional groups attached to an aromatic ring is 1. The highest BCUT2D eigenvalue weighted by atomic mass is 19.4. The second-order valence-corrected chi connectivity index (χ2v) is 5.29. The van der Waals surface area contributed by atoms with Crippen LogP contribution in [0, 0.1) is 0 Å².